The minimum Gasteiger partial charge on any atom is -0.374 e. The van der Waals surface area contributed by atoms with Gasteiger partial charge in [-0.1, -0.05) is 11.6 Å². The molecule has 136 valence electrons. The molecule has 1 atom stereocenters. The van der Waals surface area contributed by atoms with Crippen molar-refractivity contribution in [2.45, 2.75) is 26.3 Å². The highest BCUT2D eigenvalue weighted by Gasteiger charge is 2.23. The van der Waals surface area contributed by atoms with Crippen LogP contribution in [0.2, 0.25) is 5.02 Å². The lowest BCUT2D eigenvalue weighted by Gasteiger charge is -2.18. The number of anilines is 3. The lowest BCUT2D eigenvalue weighted by atomic mass is 10.1. The van der Waals surface area contributed by atoms with E-state index in [9.17, 15) is 14.0 Å². The Morgan fingerprint density at radius 2 is 2.00 bits per heavy atom. The van der Waals surface area contributed by atoms with E-state index in [1.54, 1.807) is 18.7 Å². The lowest BCUT2D eigenvalue weighted by Crippen LogP contribution is -2.32. The number of rotatable bonds is 4. The molecule has 0 aromatic heterocycles. The van der Waals surface area contributed by atoms with Crippen LogP contribution in [0.25, 0.3) is 0 Å². The molecule has 2 aromatic rings. The van der Waals surface area contributed by atoms with Gasteiger partial charge in [-0.15, -0.1) is 0 Å². The van der Waals surface area contributed by atoms with Gasteiger partial charge in [-0.3, -0.25) is 9.59 Å². The second-order valence-corrected chi connectivity index (χ2v) is 6.68. The van der Waals surface area contributed by atoms with E-state index < -0.39 is 11.9 Å². The van der Waals surface area contributed by atoms with Crippen molar-refractivity contribution in [2.75, 3.05) is 22.1 Å². The summed E-state index contributed by atoms with van der Waals surface area (Å²) in [5.41, 5.74) is 2.82. The van der Waals surface area contributed by atoms with Gasteiger partial charge in [0.25, 0.3) is 0 Å². The summed E-state index contributed by atoms with van der Waals surface area (Å²) in [7, 11) is 0. The highest BCUT2D eigenvalue weighted by molar-refractivity contribution is 6.30. The Labute approximate surface area is 156 Å². The number of halogens is 2. The van der Waals surface area contributed by atoms with Crippen molar-refractivity contribution in [1.29, 1.82) is 0 Å². The smallest absolute Gasteiger partial charge is 0.246 e. The van der Waals surface area contributed by atoms with E-state index >= 15 is 0 Å². The summed E-state index contributed by atoms with van der Waals surface area (Å²) in [5.74, 6) is -0.931. The van der Waals surface area contributed by atoms with Crippen molar-refractivity contribution in [3.05, 3.63) is 52.8 Å². The van der Waals surface area contributed by atoms with Crippen molar-refractivity contribution < 1.29 is 14.0 Å². The molecule has 26 heavy (non-hydrogen) atoms. The van der Waals surface area contributed by atoms with Crippen molar-refractivity contribution in [3.8, 4) is 0 Å². The van der Waals surface area contributed by atoms with Gasteiger partial charge >= 0.3 is 0 Å². The maximum absolute atomic E-state index is 13.8. The molecule has 7 heteroatoms. The SMILES string of the molecule is CC(=O)N1CCc2cc(N[C@H](C)C(=O)Nc3ccc(Cl)cc3F)ccc21. The predicted octanol–water partition coefficient (Wildman–Crippen LogP) is 3.83. The Hall–Kier alpha value is -2.60. The molecule has 0 radical (unpaired) electrons. The fraction of sp³-hybridized carbons (Fsp3) is 0.263. The molecule has 0 spiro atoms. The van der Waals surface area contributed by atoms with Crippen molar-refractivity contribution in [1.82, 2.24) is 0 Å². The molecular weight excluding hydrogens is 357 g/mol. The third-order valence-corrected chi connectivity index (χ3v) is 4.56. The minimum atomic E-state index is -0.583. The Bertz CT molecular complexity index is 872. The number of carbonyl (C=O) groups is 2. The number of hydrogen-bond donors (Lipinski definition) is 2. The molecule has 0 bridgehead atoms. The van der Waals surface area contributed by atoms with Gasteiger partial charge < -0.3 is 15.5 Å². The summed E-state index contributed by atoms with van der Waals surface area (Å²) in [5, 5.41) is 5.91. The molecular formula is C19H19ClFN3O2. The van der Waals surface area contributed by atoms with Gasteiger partial charge in [0, 0.05) is 29.9 Å². The van der Waals surface area contributed by atoms with Crippen LogP contribution in [0.5, 0.6) is 0 Å². The number of fused-ring (bicyclic) bond motifs is 1. The number of hydrogen-bond acceptors (Lipinski definition) is 3. The van der Waals surface area contributed by atoms with Gasteiger partial charge in [0.1, 0.15) is 11.9 Å². The van der Waals surface area contributed by atoms with Crippen molar-refractivity contribution in [2.24, 2.45) is 0 Å². The summed E-state index contributed by atoms with van der Waals surface area (Å²) in [6.45, 7) is 3.90. The van der Waals surface area contributed by atoms with E-state index in [4.69, 9.17) is 11.6 Å². The van der Waals surface area contributed by atoms with E-state index in [1.165, 1.54) is 12.1 Å². The summed E-state index contributed by atoms with van der Waals surface area (Å²) in [4.78, 5) is 25.6. The summed E-state index contributed by atoms with van der Waals surface area (Å²) in [6, 6.07) is 9.14. The predicted molar refractivity (Wildman–Crippen MR) is 101 cm³/mol. The zero-order chi connectivity index (χ0) is 18.8. The normalized spacial score (nSPS) is 13.9. The van der Waals surface area contributed by atoms with Crippen LogP contribution in [-0.4, -0.2) is 24.4 Å². The van der Waals surface area contributed by atoms with Crippen LogP contribution in [0, 0.1) is 5.82 Å². The van der Waals surface area contributed by atoms with Gasteiger partial charge in [-0.25, -0.2) is 4.39 Å². The quantitative estimate of drug-likeness (QED) is 0.853. The molecule has 2 N–H and O–H groups in total. The molecule has 1 aliphatic heterocycles. The van der Waals surface area contributed by atoms with Gasteiger partial charge in [0.15, 0.2) is 0 Å². The lowest BCUT2D eigenvalue weighted by molar-refractivity contribution is -0.117. The van der Waals surface area contributed by atoms with Gasteiger partial charge in [-0.2, -0.15) is 0 Å². The van der Waals surface area contributed by atoms with E-state index in [2.05, 4.69) is 10.6 Å². The third-order valence-electron chi connectivity index (χ3n) is 4.32. The first kappa shape index (κ1) is 18.2. The van der Waals surface area contributed by atoms with Gasteiger partial charge in [0.05, 0.1) is 5.69 Å². The van der Waals surface area contributed by atoms with E-state index in [-0.39, 0.29) is 22.5 Å². The van der Waals surface area contributed by atoms with Crippen LogP contribution in [-0.2, 0) is 16.0 Å². The first-order valence-electron chi connectivity index (χ1n) is 8.28. The zero-order valence-corrected chi connectivity index (χ0v) is 15.2. The maximum Gasteiger partial charge on any atom is 0.246 e. The molecule has 3 rings (SSSR count). The zero-order valence-electron chi connectivity index (χ0n) is 14.5. The highest BCUT2D eigenvalue weighted by atomic mass is 35.5. The molecule has 1 heterocycles. The Morgan fingerprint density at radius 1 is 1.23 bits per heavy atom. The Kier molecular flexibility index (Phi) is 5.13. The number of benzene rings is 2. The average Bonchev–Trinajstić information content (AvgIpc) is 3.00. The molecule has 0 aliphatic carbocycles. The Balaban J connectivity index is 1.67. The average molecular weight is 376 g/mol. The molecule has 0 fully saturated rings. The van der Waals surface area contributed by atoms with Crippen molar-refractivity contribution >= 4 is 40.5 Å². The van der Waals surface area contributed by atoms with E-state index in [0.717, 1.165) is 29.4 Å². The second kappa shape index (κ2) is 7.33. The number of amides is 2. The molecule has 1 aliphatic rings. The topological polar surface area (TPSA) is 61.4 Å². The first-order chi connectivity index (χ1) is 12.3. The molecule has 2 aromatic carbocycles. The highest BCUT2D eigenvalue weighted by Crippen LogP contribution is 2.30. The van der Waals surface area contributed by atoms with Crippen LogP contribution in [0.3, 0.4) is 0 Å². The molecule has 0 unspecified atom stereocenters. The molecule has 2 amide bonds. The number of carbonyl (C=O) groups excluding carboxylic acids is 2. The van der Waals surface area contributed by atoms with Crippen LogP contribution in [0.4, 0.5) is 21.5 Å². The van der Waals surface area contributed by atoms with E-state index in [0.29, 0.717) is 6.54 Å². The van der Waals surface area contributed by atoms with Crippen LogP contribution >= 0.6 is 11.6 Å². The van der Waals surface area contributed by atoms with Crippen molar-refractivity contribution in [3.63, 3.8) is 0 Å². The maximum atomic E-state index is 13.8. The molecule has 5 nitrogen and oxygen atoms in total. The second-order valence-electron chi connectivity index (χ2n) is 6.24. The van der Waals surface area contributed by atoms with E-state index in [1.807, 2.05) is 18.2 Å². The standard InChI is InChI=1S/C19H19ClFN3O2/c1-11(19(26)23-17-5-3-14(20)10-16(17)21)22-15-4-6-18-13(9-15)7-8-24(18)12(2)25/h3-6,9-11,22H,7-8H2,1-2H3,(H,23,26)/t11-/m1/s1. The third kappa shape index (κ3) is 3.80. The fourth-order valence-electron chi connectivity index (χ4n) is 2.97. The van der Waals surface area contributed by atoms with Gasteiger partial charge in [0.2, 0.25) is 11.8 Å². The minimum absolute atomic E-state index is 0.0159. The monoisotopic (exact) mass is 375 g/mol. The van der Waals surface area contributed by atoms with Gasteiger partial charge in [-0.05, 0) is 55.3 Å². The summed E-state index contributed by atoms with van der Waals surface area (Å²) < 4.78 is 13.8. The van der Waals surface area contributed by atoms with Crippen LogP contribution < -0.4 is 15.5 Å². The van der Waals surface area contributed by atoms with Crippen LogP contribution in [0.1, 0.15) is 19.4 Å². The molecule has 0 saturated heterocycles. The number of nitrogens with zero attached hydrogens (tertiary/aromatic N) is 1. The van der Waals surface area contributed by atoms with Crippen LogP contribution in [0.15, 0.2) is 36.4 Å². The first-order valence-corrected chi connectivity index (χ1v) is 8.66. The summed E-state index contributed by atoms with van der Waals surface area (Å²) >= 11 is 5.71. The summed E-state index contributed by atoms with van der Waals surface area (Å²) in [6.07, 6.45) is 0.779. The molecule has 0 saturated carbocycles. The Morgan fingerprint density at radius 3 is 2.69 bits per heavy atom. The largest absolute Gasteiger partial charge is 0.374 e. The fourth-order valence-corrected chi connectivity index (χ4v) is 3.12. The number of nitrogens with one attached hydrogen (secondary N) is 2.